The summed E-state index contributed by atoms with van der Waals surface area (Å²) in [6.07, 6.45) is 0.570. The van der Waals surface area contributed by atoms with E-state index in [4.69, 9.17) is 4.74 Å². The van der Waals surface area contributed by atoms with Crippen LogP contribution in [0.15, 0.2) is 54.6 Å². The summed E-state index contributed by atoms with van der Waals surface area (Å²) in [5.74, 6) is 0.370. The fourth-order valence-corrected chi connectivity index (χ4v) is 2.50. The minimum absolute atomic E-state index is 0.179. The lowest BCUT2D eigenvalue weighted by Crippen LogP contribution is -2.27. The van der Waals surface area contributed by atoms with Gasteiger partial charge in [0.25, 0.3) is 0 Å². The molecule has 0 bridgehead atoms. The molecule has 0 radical (unpaired) electrons. The van der Waals surface area contributed by atoms with Gasteiger partial charge in [-0.3, -0.25) is 0 Å². The Morgan fingerprint density at radius 2 is 1.43 bits per heavy atom. The molecular formula is C17H16O4. The van der Waals surface area contributed by atoms with Gasteiger partial charge in [-0.1, -0.05) is 30.3 Å². The fraction of sp³-hybridized carbons (Fsp3) is 0.176. The third kappa shape index (κ3) is 2.77. The molecule has 0 aromatic heterocycles. The number of ether oxygens (including phenoxy) is 1. The van der Waals surface area contributed by atoms with Crippen molar-refractivity contribution in [2.75, 3.05) is 6.61 Å². The number of phenols is 2. The van der Waals surface area contributed by atoms with Crippen molar-refractivity contribution in [1.29, 1.82) is 0 Å². The van der Waals surface area contributed by atoms with Crippen LogP contribution < -0.4 is 0 Å². The summed E-state index contributed by atoms with van der Waals surface area (Å²) in [6.45, 7) is 0.402. The van der Waals surface area contributed by atoms with E-state index in [9.17, 15) is 15.3 Å². The Kier molecular flexibility index (Phi) is 3.64. The first kappa shape index (κ1) is 13.7. The van der Waals surface area contributed by atoms with E-state index in [1.807, 2.05) is 6.08 Å². The first-order valence-corrected chi connectivity index (χ1v) is 6.73. The lowest BCUT2D eigenvalue weighted by molar-refractivity contribution is -0.0112. The van der Waals surface area contributed by atoms with Crippen molar-refractivity contribution in [1.82, 2.24) is 0 Å². The van der Waals surface area contributed by atoms with Gasteiger partial charge < -0.3 is 20.1 Å². The maximum atomic E-state index is 10.6. The van der Waals surface area contributed by atoms with E-state index in [-0.39, 0.29) is 11.5 Å². The van der Waals surface area contributed by atoms with Gasteiger partial charge in [-0.25, -0.2) is 0 Å². The minimum atomic E-state index is -0.798. The number of hydrogen-bond donors (Lipinski definition) is 3. The van der Waals surface area contributed by atoms with Crippen LogP contribution >= 0.6 is 0 Å². The van der Waals surface area contributed by atoms with Gasteiger partial charge in [-0.15, -0.1) is 0 Å². The molecule has 2 atom stereocenters. The van der Waals surface area contributed by atoms with Crippen molar-refractivity contribution >= 4 is 5.57 Å². The lowest BCUT2D eigenvalue weighted by Gasteiger charge is -2.29. The molecular weight excluding hydrogens is 268 g/mol. The zero-order valence-corrected chi connectivity index (χ0v) is 11.3. The highest BCUT2D eigenvalue weighted by atomic mass is 16.5. The third-order valence-electron chi connectivity index (χ3n) is 3.61. The average molecular weight is 284 g/mol. The summed E-state index contributed by atoms with van der Waals surface area (Å²) < 4.78 is 5.63. The number of rotatable bonds is 2. The molecule has 108 valence electrons. The number of aromatic hydroxyl groups is 2. The van der Waals surface area contributed by atoms with Gasteiger partial charge in [0.1, 0.15) is 23.7 Å². The number of aliphatic hydroxyl groups excluding tert-OH is 1. The van der Waals surface area contributed by atoms with Crippen molar-refractivity contribution in [2.45, 2.75) is 12.2 Å². The number of benzene rings is 2. The summed E-state index contributed by atoms with van der Waals surface area (Å²) in [5.41, 5.74) is 2.44. The molecule has 1 aliphatic heterocycles. The number of aliphatic hydroxyl groups is 1. The summed E-state index contributed by atoms with van der Waals surface area (Å²) in [4.78, 5) is 0. The highest BCUT2D eigenvalue weighted by Gasteiger charge is 2.29. The fourth-order valence-electron chi connectivity index (χ4n) is 2.50. The SMILES string of the molecule is Oc1ccc(C2=CCOC(c3ccc(O)cc3)C2O)cc1. The van der Waals surface area contributed by atoms with Gasteiger partial charge in [0.2, 0.25) is 0 Å². The topological polar surface area (TPSA) is 69.9 Å². The zero-order valence-electron chi connectivity index (χ0n) is 11.3. The van der Waals surface area contributed by atoms with Crippen LogP contribution in [0.25, 0.3) is 5.57 Å². The van der Waals surface area contributed by atoms with Gasteiger partial charge in [-0.05, 0) is 41.0 Å². The van der Waals surface area contributed by atoms with E-state index in [1.165, 1.54) is 0 Å². The Hall–Kier alpha value is -2.30. The van der Waals surface area contributed by atoms with E-state index < -0.39 is 12.2 Å². The molecule has 4 nitrogen and oxygen atoms in total. The largest absolute Gasteiger partial charge is 0.508 e. The Balaban J connectivity index is 1.89. The van der Waals surface area contributed by atoms with Crippen LogP contribution in [0, 0.1) is 0 Å². The molecule has 3 N–H and O–H groups in total. The van der Waals surface area contributed by atoms with Gasteiger partial charge in [0.15, 0.2) is 0 Å². The molecule has 1 heterocycles. The lowest BCUT2D eigenvalue weighted by atomic mass is 9.91. The normalized spacial score (nSPS) is 21.9. The van der Waals surface area contributed by atoms with E-state index in [0.29, 0.717) is 6.61 Å². The average Bonchev–Trinajstić information content (AvgIpc) is 2.50. The third-order valence-corrected chi connectivity index (χ3v) is 3.61. The second-order valence-corrected chi connectivity index (χ2v) is 5.00. The molecule has 2 aromatic rings. The molecule has 0 saturated carbocycles. The predicted octanol–water partition coefficient (Wildman–Crippen LogP) is 2.61. The highest BCUT2D eigenvalue weighted by Crippen LogP contribution is 2.35. The van der Waals surface area contributed by atoms with Crippen LogP contribution in [-0.4, -0.2) is 28.0 Å². The quantitative estimate of drug-likeness (QED) is 0.793. The Morgan fingerprint density at radius 3 is 2.05 bits per heavy atom. The molecule has 0 fully saturated rings. The summed E-state index contributed by atoms with van der Waals surface area (Å²) in [5, 5.41) is 29.2. The molecule has 0 aliphatic carbocycles. The number of phenolic OH excluding ortho intramolecular Hbond substituents is 2. The Bertz CT molecular complexity index is 643. The monoisotopic (exact) mass is 284 g/mol. The maximum absolute atomic E-state index is 10.6. The smallest absolute Gasteiger partial charge is 0.115 e. The summed E-state index contributed by atoms with van der Waals surface area (Å²) in [7, 11) is 0. The van der Waals surface area contributed by atoms with Crippen molar-refractivity contribution in [3.8, 4) is 11.5 Å². The van der Waals surface area contributed by atoms with Crippen LogP contribution in [0.5, 0.6) is 11.5 Å². The van der Waals surface area contributed by atoms with E-state index >= 15 is 0 Å². The molecule has 0 saturated heterocycles. The van der Waals surface area contributed by atoms with E-state index in [1.54, 1.807) is 48.5 Å². The second-order valence-electron chi connectivity index (χ2n) is 5.00. The second kappa shape index (κ2) is 5.60. The Morgan fingerprint density at radius 1 is 0.857 bits per heavy atom. The first-order valence-electron chi connectivity index (χ1n) is 6.73. The van der Waals surface area contributed by atoms with Crippen LogP contribution in [0.3, 0.4) is 0 Å². The molecule has 21 heavy (non-hydrogen) atoms. The van der Waals surface area contributed by atoms with Crippen LogP contribution in [0.1, 0.15) is 17.2 Å². The summed E-state index contributed by atoms with van der Waals surface area (Å²) >= 11 is 0. The zero-order chi connectivity index (χ0) is 14.8. The van der Waals surface area contributed by atoms with Gasteiger partial charge in [-0.2, -0.15) is 0 Å². The Labute approximate surface area is 122 Å². The van der Waals surface area contributed by atoms with Crippen LogP contribution in [-0.2, 0) is 4.74 Å². The molecule has 3 rings (SSSR count). The van der Waals surface area contributed by atoms with Gasteiger partial charge in [0, 0.05) is 0 Å². The van der Waals surface area contributed by atoms with Crippen LogP contribution in [0.4, 0.5) is 0 Å². The molecule has 2 unspecified atom stereocenters. The predicted molar refractivity (Wildman–Crippen MR) is 78.9 cm³/mol. The number of hydrogen-bond acceptors (Lipinski definition) is 4. The molecule has 1 aliphatic rings. The van der Waals surface area contributed by atoms with Crippen molar-refractivity contribution < 1.29 is 20.1 Å². The van der Waals surface area contributed by atoms with Crippen LogP contribution in [0.2, 0.25) is 0 Å². The van der Waals surface area contributed by atoms with Crippen molar-refractivity contribution in [3.05, 3.63) is 65.7 Å². The highest BCUT2D eigenvalue weighted by molar-refractivity contribution is 5.70. The summed E-state index contributed by atoms with van der Waals surface area (Å²) in [6, 6.07) is 13.3. The molecule has 0 amide bonds. The van der Waals surface area contributed by atoms with E-state index in [2.05, 4.69) is 0 Å². The molecule has 2 aromatic carbocycles. The molecule has 0 spiro atoms. The van der Waals surface area contributed by atoms with Gasteiger partial charge >= 0.3 is 0 Å². The minimum Gasteiger partial charge on any atom is -0.508 e. The molecule has 4 heteroatoms. The van der Waals surface area contributed by atoms with E-state index in [0.717, 1.165) is 16.7 Å². The first-order chi connectivity index (χ1) is 10.1. The standard InChI is InChI=1S/C17H16O4/c18-13-5-1-11(2-6-13)15-9-10-21-17(16(15)20)12-3-7-14(19)8-4-12/h1-9,16-20H,10H2. The maximum Gasteiger partial charge on any atom is 0.115 e. The van der Waals surface area contributed by atoms with Crippen molar-refractivity contribution in [2.24, 2.45) is 0 Å². The van der Waals surface area contributed by atoms with Gasteiger partial charge in [0.05, 0.1) is 6.61 Å². The van der Waals surface area contributed by atoms with Crippen molar-refractivity contribution in [3.63, 3.8) is 0 Å².